The highest BCUT2D eigenvalue weighted by atomic mass is 14.7. The molecule has 12 rings (SSSR count). The lowest BCUT2D eigenvalue weighted by molar-refractivity contribution is 1.27. The summed E-state index contributed by atoms with van der Waals surface area (Å²) < 4.78 is 0. The summed E-state index contributed by atoms with van der Waals surface area (Å²) in [6.45, 7) is 14.3. The van der Waals surface area contributed by atoms with Crippen molar-refractivity contribution in [2.24, 2.45) is 0 Å². The zero-order valence-corrected chi connectivity index (χ0v) is 47.4. The van der Waals surface area contributed by atoms with Crippen LogP contribution in [0.2, 0.25) is 0 Å². The average Bonchev–Trinajstić information content (AvgIpc) is 3.64. The molecule has 5 heteroatoms. The van der Waals surface area contributed by atoms with Gasteiger partial charge in [0.15, 0.2) is 0 Å². The molecule has 0 amide bonds. The first-order valence-corrected chi connectivity index (χ1v) is 27.7. The van der Waals surface area contributed by atoms with Gasteiger partial charge in [0.05, 0.1) is 34.2 Å². The first kappa shape index (κ1) is 57.2. The molecular formula is C76H69N5. The molecule has 0 saturated heterocycles. The fourth-order valence-electron chi connectivity index (χ4n) is 8.92. The van der Waals surface area contributed by atoms with Crippen molar-refractivity contribution in [1.29, 1.82) is 0 Å². The molecule has 0 unspecified atom stereocenters. The van der Waals surface area contributed by atoms with Crippen molar-refractivity contribution in [1.82, 2.24) is 24.9 Å². The van der Waals surface area contributed by atoms with Gasteiger partial charge in [-0.15, -0.1) is 0 Å². The zero-order valence-electron chi connectivity index (χ0n) is 47.4. The average molecular weight is 1050 g/mol. The minimum Gasteiger partial charge on any atom is -0.264 e. The molecule has 0 aliphatic heterocycles. The van der Waals surface area contributed by atoms with Gasteiger partial charge in [-0.05, 0) is 129 Å². The van der Waals surface area contributed by atoms with Gasteiger partial charge in [0.1, 0.15) is 0 Å². The second kappa shape index (κ2) is 29.7. The predicted molar refractivity (Wildman–Crippen MR) is 343 cm³/mol. The van der Waals surface area contributed by atoms with E-state index < -0.39 is 0 Å². The van der Waals surface area contributed by atoms with Crippen molar-refractivity contribution in [2.75, 3.05) is 0 Å². The van der Waals surface area contributed by atoms with Crippen LogP contribution in [0.25, 0.3) is 101 Å². The highest BCUT2D eigenvalue weighted by Gasteiger charge is 2.12. The fourth-order valence-corrected chi connectivity index (χ4v) is 8.92. The van der Waals surface area contributed by atoms with Crippen LogP contribution in [-0.4, -0.2) is 24.9 Å². The molecule has 0 radical (unpaired) electrons. The van der Waals surface area contributed by atoms with E-state index in [4.69, 9.17) is 15.0 Å². The van der Waals surface area contributed by atoms with Gasteiger partial charge in [-0.3, -0.25) is 9.97 Å². The first-order chi connectivity index (χ1) is 39.8. The molecule has 398 valence electrons. The maximum Gasteiger partial charge on any atom is 0.0731 e. The molecule has 0 atom stereocenters. The Morgan fingerprint density at radius 3 is 0.852 bits per heavy atom. The van der Waals surface area contributed by atoms with E-state index in [1.54, 1.807) is 12.4 Å². The van der Waals surface area contributed by atoms with E-state index in [2.05, 4.69) is 243 Å². The number of allylic oxidation sites excluding steroid dienone is 2. The topological polar surface area (TPSA) is 64.5 Å². The van der Waals surface area contributed by atoms with Crippen LogP contribution >= 0.6 is 0 Å². The van der Waals surface area contributed by atoms with Gasteiger partial charge in [0, 0.05) is 63.7 Å². The van der Waals surface area contributed by atoms with Gasteiger partial charge >= 0.3 is 0 Å². The van der Waals surface area contributed by atoms with E-state index in [1.807, 2.05) is 94.7 Å². The monoisotopic (exact) mass is 1050 g/mol. The van der Waals surface area contributed by atoms with Crippen LogP contribution in [0.3, 0.4) is 0 Å². The molecule has 0 fully saturated rings. The van der Waals surface area contributed by atoms with E-state index in [1.165, 1.54) is 38.9 Å². The zero-order chi connectivity index (χ0) is 56.6. The van der Waals surface area contributed by atoms with Crippen molar-refractivity contribution in [2.45, 2.75) is 48.5 Å². The van der Waals surface area contributed by atoms with E-state index in [-0.39, 0.29) is 0 Å². The molecule has 0 N–H and O–H groups in total. The van der Waals surface area contributed by atoms with Crippen LogP contribution in [0, 0.1) is 20.8 Å². The van der Waals surface area contributed by atoms with Crippen LogP contribution in [-0.2, 0) is 0 Å². The van der Waals surface area contributed by atoms with Gasteiger partial charge in [0.2, 0.25) is 0 Å². The number of aromatic nitrogens is 5. The molecule has 0 aliphatic rings. The summed E-state index contributed by atoms with van der Waals surface area (Å²) in [7, 11) is 0. The Morgan fingerprint density at radius 2 is 0.506 bits per heavy atom. The SMILES string of the molecule is C/C=C\C.CC.Cc1cccc(-c2cc(-c3ccccc3)cc(-c3ccccc3)n2)c1.Cc1cccc(-c2cc(-c3ccccc3)nc(-c3ccccc3)c2)c1.Cc1cccc(-c2cc(-c3cccnc3)cc(-c3cccnc3)n2)c1. The third kappa shape index (κ3) is 16.3. The summed E-state index contributed by atoms with van der Waals surface area (Å²) in [6.07, 6.45) is 11.3. The maximum absolute atomic E-state index is 4.94. The van der Waals surface area contributed by atoms with Crippen LogP contribution in [0.5, 0.6) is 0 Å². The lowest BCUT2D eigenvalue weighted by Gasteiger charge is -2.10. The van der Waals surface area contributed by atoms with E-state index in [9.17, 15) is 0 Å². The van der Waals surface area contributed by atoms with Crippen molar-refractivity contribution in [3.8, 4) is 101 Å². The van der Waals surface area contributed by atoms with E-state index >= 15 is 0 Å². The van der Waals surface area contributed by atoms with Gasteiger partial charge in [0.25, 0.3) is 0 Å². The van der Waals surface area contributed by atoms with Crippen molar-refractivity contribution < 1.29 is 0 Å². The molecule has 0 saturated carbocycles. The Morgan fingerprint density at radius 1 is 0.235 bits per heavy atom. The van der Waals surface area contributed by atoms with E-state index in [0.29, 0.717) is 0 Å². The maximum atomic E-state index is 4.94. The number of benzene rings is 7. The summed E-state index contributed by atoms with van der Waals surface area (Å²) in [4.78, 5) is 23.2. The first-order valence-electron chi connectivity index (χ1n) is 27.7. The highest BCUT2D eigenvalue weighted by Crippen LogP contribution is 2.34. The number of pyridine rings is 5. The minimum absolute atomic E-state index is 0.908. The largest absolute Gasteiger partial charge is 0.264 e. The third-order valence-corrected chi connectivity index (χ3v) is 13.1. The summed E-state index contributed by atoms with van der Waals surface area (Å²) in [5.74, 6) is 0. The number of nitrogens with zero attached hydrogens (tertiary/aromatic N) is 5. The van der Waals surface area contributed by atoms with Crippen molar-refractivity contribution in [3.05, 3.63) is 308 Å². The number of hydrogen-bond donors (Lipinski definition) is 0. The Kier molecular flexibility index (Phi) is 21.0. The van der Waals surface area contributed by atoms with E-state index in [0.717, 1.165) is 78.7 Å². The molecule has 0 spiro atoms. The molecular weight excluding hydrogens is 983 g/mol. The molecule has 7 aromatic carbocycles. The Hall–Kier alpha value is -9.97. The molecule has 5 nitrogen and oxygen atoms in total. The Labute approximate surface area is 480 Å². The molecule has 0 aliphatic carbocycles. The predicted octanol–water partition coefficient (Wildman–Crippen LogP) is 20.6. The summed E-state index contributed by atoms with van der Waals surface area (Å²) in [5, 5.41) is 0. The van der Waals surface area contributed by atoms with Crippen LogP contribution in [0.15, 0.2) is 292 Å². The lowest BCUT2D eigenvalue weighted by atomic mass is 9.99. The summed E-state index contributed by atoms with van der Waals surface area (Å²) >= 11 is 0. The molecule has 5 aromatic heterocycles. The van der Waals surface area contributed by atoms with Crippen LogP contribution in [0.1, 0.15) is 44.4 Å². The highest BCUT2D eigenvalue weighted by molar-refractivity contribution is 5.79. The quantitative estimate of drug-likeness (QED) is 0.135. The minimum atomic E-state index is 0.908. The van der Waals surface area contributed by atoms with Gasteiger partial charge in [-0.1, -0.05) is 231 Å². The summed E-state index contributed by atoms with van der Waals surface area (Å²) in [5.41, 5.74) is 23.2. The van der Waals surface area contributed by atoms with Gasteiger partial charge < -0.3 is 0 Å². The third-order valence-electron chi connectivity index (χ3n) is 13.1. The smallest absolute Gasteiger partial charge is 0.0731 e. The molecule has 5 heterocycles. The van der Waals surface area contributed by atoms with Gasteiger partial charge in [-0.25, -0.2) is 15.0 Å². The normalized spacial score (nSPS) is 10.4. The van der Waals surface area contributed by atoms with Crippen molar-refractivity contribution >= 4 is 0 Å². The fraction of sp³-hybridized carbons (Fsp3) is 0.0921. The van der Waals surface area contributed by atoms with Crippen LogP contribution < -0.4 is 0 Å². The molecule has 81 heavy (non-hydrogen) atoms. The van der Waals surface area contributed by atoms with Gasteiger partial charge in [-0.2, -0.15) is 0 Å². The molecule has 12 aromatic rings. The standard InChI is InChI=1S/2C24H19N.C22H17N3.C4H8.C2H6/c1-18-9-8-14-21(15-18)22-16-23(19-10-4-2-5-11-19)25-24(17-22)20-12-6-3-7-13-20;1-18-9-8-14-21(15-18)24-17-22(19-10-4-2-5-11-19)16-23(25-24)20-12-6-3-7-13-20;1-16-5-2-6-17(11-16)21-12-20(18-7-3-9-23-14-18)13-22(25-21)19-8-4-10-24-15-19;1-3-4-2;1-2/h2*2-17H,1H3;2-15H,1H3;3-4H,1-2H3;1-2H3/b;;;4-3-;. The Bertz CT molecular complexity index is 3290. The lowest BCUT2D eigenvalue weighted by Crippen LogP contribution is -1.92. The second-order valence-corrected chi connectivity index (χ2v) is 19.1. The van der Waals surface area contributed by atoms with Crippen LogP contribution in [0.4, 0.5) is 0 Å². The molecule has 0 bridgehead atoms. The Balaban J connectivity index is 0.000000152. The number of rotatable bonds is 9. The van der Waals surface area contributed by atoms with Crippen molar-refractivity contribution in [3.63, 3.8) is 0 Å². The number of aryl methyl sites for hydroxylation is 3. The number of hydrogen-bond acceptors (Lipinski definition) is 5. The summed E-state index contributed by atoms with van der Waals surface area (Å²) in [6, 6.07) is 88.0. The second-order valence-electron chi connectivity index (χ2n) is 19.1.